The third kappa shape index (κ3) is 4.10. The van der Waals surface area contributed by atoms with Gasteiger partial charge in [0.05, 0.1) is 13.2 Å². The molecule has 0 amide bonds. The molecule has 4 heterocycles. The molecule has 0 radical (unpaired) electrons. The number of rotatable bonds is 4. The summed E-state index contributed by atoms with van der Waals surface area (Å²) in [5.74, 6) is 4.04. The van der Waals surface area contributed by atoms with Gasteiger partial charge in [-0.1, -0.05) is 13.8 Å². The molecule has 0 bridgehead atoms. The van der Waals surface area contributed by atoms with E-state index in [0.717, 1.165) is 75.9 Å². The highest BCUT2D eigenvalue weighted by Gasteiger charge is 2.22. The number of aromatic nitrogens is 4. The van der Waals surface area contributed by atoms with Crippen LogP contribution in [0.3, 0.4) is 0 Å². The summed E-state index contributed by atoms with van der Waals surface area (Å²) >= 11 is 0. The van der Waals surface area contributed by atoms with E-state index in [2.05, 4.69) is 38.5 Å². The molecule has 2 aliphatic heterocycles. The minimum absolute atomic E-state index is 0.336. The van der Waals surface area contributed by atoms with Crippen molar-refractivity contribution < 1.29 is 4.74 Å². The Morgan fingerprint density at radius 2 is 1.37 bits per heavy atom. The number of piperazine rings is 1. The maximum absolute atomic E-state index is 5.43. The maximum atomic E-state index is 5.43. The molecule has 27 heavy (non-hydrogen) atoms. The fourth-order valence-corrected chi connectivity index (χ4v) is 3.41. The molecule has 8 nitrogen and oxygen atoms in total. The minimum Gasteiger partial charge on any atom is -0.378 e. The van der Waals surface area contributed by atoms with Gasteiger partial charge in [0.2, 0.25) is 5.95 Å². The molecule has 2 fully saturated rings. The van der Waals surface area contributed by atoms with Crippen LogP contribution in [-0.4, -0.2) is 72.4 Å². The van der Waals surface area contributed by atoms with Crippen LogP contribution in [-0.2, 0) is 4.74 Å². The van der Waals surface area contributed by atoms with Crippen molar-refractivity contribution >= 4 is 17.6 Å². The molecule has 4 rings (SSSR count). The Morgan fingerprint density at radius 3 is 2.07 bits per heavy atom. The zero-order valence-electron chi connectivity index (χ0n) is 16.1. The number of ether oxygens (including phenoxy) is 1. The van der Waals surface area contributed by atoms with Gasteiger partial charge >= 0.3 is 0 Å². The van der Waals surface area contributed by atoms with Gasteiger partial charge in [-0.2, -0.15) is 4.98 Å². The summed E-state index contributed by atoms with van der Waals surface area (Å²) in [4.78, 5) is 25.2. The molecule has 2 aromatic rings. The first-order valence-corrected chi connectivity index (χ1v) is 9.69. The van der Waals surface area contributed by atoms with E-state index in [1.165, 1.54) is 0 Å². The summed E-state index contributed by atoms with van der Waals surface area (Å²) in [7, 11) is 0. The fraction of sp³-hybridized carbons (Fsp3) is 0.579. The Hall–Kier alpha value is -2.48. The van der Waals surface area contributed by atoms with Crippen molar-refractivity contribution in [1.82, 2.24) is 19.9 Å². The van der Waals surface area contributed by atoms with E-state index in [4.69, 9.17) is 14.7 Å². The van der Waals surface area contributed by atoms with Crippen LogP contribution in [0, 0.1) is 0 Å². The molecule has 144 valence electrons. The lowest BCUT2D eigenvalue weighted by molar-refractivity contribution is 0.122. The van der Waals surface area contributed by atoms with Crippen molar-refractivity contribution in [1.29, 1.82) is 0 Å². The Balaban J connectivity index is 1.41. The molecule has 2 saturated heterocycles. The van der Waals surface area contributed by atoms with Crippen LogP contribution in [0.1, 0.15) is 25.6 Å². The van der Waals surface area contributed by atoms with E-state index in [1.807, 2.05) is 24.5 Å². The zero-order chi connectivity index (χ0) is 18.6. The predicted octanol–water partition coefficient (Wildman–Crippen LogP) is 1.55. The van der Waals surface area contributed by atoms with Gasteiger partial charge in [-0.3, -0.25) is 0 Å². The molecule has 0 aliphatic carbocycles. The van der Waals surface area contributed by atoms with Crippen molar-refractivity contribution in [2.75, 3.05) is 67.2 Å². The van der Waals surface area contributed by atoms with Gasteiger partial charge in [-0.15, -0.1) is 0 Å². The fourth-order valence-electron chi connectivity index (χ4n) is 3.41. The summed E-state index contributed by atoms with van der Waals surface area (Å²) in [5.41, 5.74) is 0. The van der Waals surface area contributed by atoms with Gasteiger partial charge in [0.15, 0.2) is 0 Å². The lowest BCUT2D eigenvalue weighted by Crippen LogP contribution is -2.47. The second kappa shape index (κ2) is 8.04. The SMILES string of the molecule is CC(C)c1nccc(N2CCN(c3nccc(N4CCOCC4)n3)CC2)n1. The average Bonchev–Trinajstić information content (AvgIpc) is 2.75. The highest BCUT2D eigenvalue weighted by atomic mass is 16.5. The van der Waals surface area contributed by atoms with Crippen molar-refractivity contribution in [2.45, 2.75) is 19.8 Å². The van der Waals surface area contributed by atoms with Crippen LogP contribution >= 0.6 is 0 Å². The van der Waals surface area contributed by atoms with Crippen LogP contribution in [0.15, 0.2) is 24.5 Å². The smallest absolute Gasteiger partial charge is 0.227 e. The highest BCUT2D eigenvalue weighted by Crippen LogP contribution is 2.20. The molecule has 0 atom stereocenters. The third-order valence-corrected chi connectivity index (χ3v) is 5.03. The molecule has 0 saturated carbocycles. The highest BCUT2D eigenvalue weighted by molar-refractivity contribution is 5.46. The molecule has 0 spiro atoms. The van der Waals surface area contributed by atoms with Gasteiger partial charge in [-0.25, -0.2) is 15.0 Å². The summed E-state index contributed by atoms with van der Waals surface area (Å²) in [6.45, 7) is 11.1. The van der Waals surface area contributed by atoms with Gasteiger partial charge in [0.1, 0.15) is 17.5 Å². The number of nitrogens with zero attached hydrogens (tertiary/aromatic N) is 7. The van der Waals surface area contributed by atoms with E-state index in [9.17, 15) is 0 Å². The van der Waals surface area contributed by atoms with Crippen LogP contribution in [0.2, 0.25) is 0 Å². The normalized spacial score (nSPS) is 18.3. The standard InChI is InChI=1S/C19H27N7O/c1-15(2)18-20-5-3-16(22-18)24-7-9-26(10-8-24)19-21-6-4-17(23-19)25-11-13-27-14-12-25/h3-6,15H,7-14H2,1-2H3. The number of morpholine rings is 1. The first kappa shape index (κ1) is 17.9. The van der Waals surface area contributed by atoms with E-state index < -0.39 is 0 Å². The quantitative estimate of drug-likeness (QED) is 0.804. The first-order valence-electron chi connectivity index (χ1n) is 9.69. The van der Waals surface area contributed by atoms with E-state index in [-0.39, 0.29) is 0 Å². The zero-order valence-corrected chi connectivity index (χ0v) is 16.1. The lowest BCUT2D eigenvalue weighted by Gasteiger charge is -2.36. The number of hydrogen-bond donors (Lipinski definition) is 0. The Morgan fingerprint density at radius 1 is 0.778 bits per heavy atom. The average molecular weight is 369 g/mol. The topological polar surface area (TPSA) is 70.5 Å². The summed E-state index contributed by atoms with van der Waals surface area (Å²) in [6.07, 6.45) is 3.72. The van der Waals surface area contributed by atoms with Gasteiger partial charge < -0.3 is 19.4 Å². The summed E-state index contributed by atoms with van der Waals surface area (Å²) in [5, 5.41) is 0. The molecule has 0 unspecified atom stereocenters. The van der Waals surface area contributed by atoms with Crippen molar-refractivity contribution in [2.24, 2.45) is 0 Å². The van der Waals surface area contributed by atoms with Gasteiger partial charge in [0, 0.05) is 57.6 Å². The van der Waals surface area contributed by atoms with Crippen LogP contribution in [0.4, 0.5) is 17.6 Å². The van der Waals surface area contributed by atoms with Crippen LogP contribution < -0.4 is 14.7 Å². The predicted molar refractivity (Wildman–Crippen MR) is 106 cm³/mol. The first-order chi connectivity index (χ1) is 13.2. The van der Waals surface area contributed by atoms with Crippen LogP contribution in [0.5, 0.6) is 0 Å². The van der Waals surface area contributed by atoms with Gasteiger partial charge in [0.25, 0.3) is 0 Å². The van der Waals surface area contributed by atoms with E-state index in [1.54, 1.807) is 0 Å². The van der Waals surface area contributed by atoms with Crippen molar-refractivity contribution in [3.8, 4) is 0 Å². The second-order valence-corrected chi connectivity index (χ2v) is 7.22. The maximum Gasteiger partial charge on any atom is 0.227 e. The molecule has 2 aromatic heterocycles. The molecular weight excluding hydrogens is 342 g/mol. The Bertz CT molecular complexity index is 755. The minimum atomic E-state index is 0.336. The van der Waals surface area contributed by atoms with Crippen molar-refractivity contribution in [3.63, 3.8) is 0 Å². The molecular formula is C19H27N7O. The Kier molecular flexibility index (Phi) is 5.33. The third-order valence-electron chi connectivity index (χ3n) is 5.03. The summed E-state index contributed by atoms with van der Waals surface area (Å²) < 4.78 is 5.43. The molecule has 8 heteroatoms. The second-order valence-electron chi connectivity index (χ2n) is 7.22. The van der Waals surface area contributed by atoms with Gasteiger partial charge in [-0.05, 0) is 12.1 Å². The molecule has 2 aliphatic rings. The largest absolute Gasteiger partial charge is 0.378 e. The van der Waals surface area contributed by atoms with Crippen molar-refractivity contribution in [3.05, 3.63) is 30.4 Å². The summed E-state index contributed by atoms with van der Waals surface area (Å²) in [6, 6.07) is 3.98. The number of anilines is 3. The number of hydrogen-bond acceptors (Lipinski definition) is 8. The lowest BCUT2D eigenvalue weighted by atomic mass is 10.2. The monoisotopic (exact) mass is 369 g/mol. The molecule has 0 N–H and O–H groups in total. The van der Waals surface area contributed by atoms with E-state index >= 15 is 0 Å². The van der Waals surface area contributed by atoms with Crippen LogP contribution in [0.25, 0.3) is 0 Å². The Labute approximate surface area is 160 Å². The molecule has 0 aromatic carbocycles. The van der Waals surface area contributed by atoms with E-state index in [0.29, 0.717) is 5.92 Å².